The third kappa shape index (κ3) is 10.5. The molecule has 3 N–H and O–H groups in total. The summed E-state index contributed by atoms with van der Waals surface area (Å²) in [4.78, 5) is 11.0. The summed E-state index contributed by atoms with van der Waals surface area (Å²) in [5.41, 5.74) is 5.47. The molecule has 0 aliphatic rings. The Kier molecular flexibility index (Phi) is 10.8. The highest BCUT2D eigenvalue weighted by Gasteiger charge is 2.17. The SMILES string of the molecule is CCCCS(=O)(=O)N[C@H](N)CC(=O)OCC.Cl. The van der Waals surface area contributed by atoms with E-state index in [0.29, 0.717) is 6.42 Å². The monoisotopic (exact) mass is 288 g/mol. The molecule has 0 fully saturated rings. The maximum atomic E-state index is 11.4. The Morgan fingerprint density at radius 3 is 2.47 bits per heavy atom. The minimum atomic E-state index is -3.39. The molecule has 0 heterocycles. The summed E-state index contributed by atoms with van der Waals surface area (Å²) in [6.45, 7) is 3.83. The summed E-state index contributed by atoms with van der Waals surface area (Å²) in [7, 11) is -3.39. The van der Waals surface area contributed by atoms with Gasteiger partial charge in [0, 0.05) is 0 Å². The van der Waals surface area contributed by atoms with Crippen LogP contribution in [0.1, 0.15) is 33.1 Å². The minimum Gasteiger partial charge on any atom is -0.466 e. The quantitative estimate of drug-likeness (QED) is 0.496. The average molecular weight is 289 g/mol. The molecule has 6 nitrogen and oxygen atoms in total. The van der Waals surface area contributed by atoms with Crippen LogP contribution in [0.3, 0.4) is 0 Å². The highest BCUT2D eigenvalue weighted by atomic mass is 35.5. The fourth-order valence-corrected chi connectivity index (χ4v) is 2.40. The second-order valence-electron chi connectivity index (χ2n) is 3.41. The summed E-state index contributed by atoms with van der Waals surface area (Å²) in [5.74, 6) is -0.479. The van der Waals surface area contributed by atoms with Crippen LogP contribution in [-0.2, 0) is 19.6 Å². The Labute approximate surface area is 109 Å². The number of carbonyl (C=O) groups excluding carboxylic acids is 1. The van der Waals surface area contributed by atoms with Gasteiger partial charge in [-0.3, -0.25) is 4.79 Å². The zero-order valence-electron chi connectivity index (χ0n) is 10.1. The van der Waals surface area contributed by atoms with E-state index in [4.69, 9.17) is 5.73 Å². The smallest absolute Gasteiger partial charge is 0.308 e. The van der Waals surface area contributed by atoms with E-state index in [-0.39, 0.29) is 31.2 Å². The molecule has 8 heteroatoms. The van der Waals surface area contributed by atoms with Gasteiger partial charge in [-0.05, 0) is 13.3 Å². The molecular weight excluding hydrogens is 268 g/mol. The first-order valence-corrected chi connectivity index (χ1v) is 6.97. The number of rotatable bonds is 8. The topological polar surface area (TPSA) is 98.5 Å². The van der Waals surface area contributed by atoms with Gasteiger partial charge in [-0.15, -0.1) is 12.4 Å². The van der Waals surface area contributed by atoms with E-state index in [9.17, 15) is 13.2 Å². The van der Waals surface area contributed by atoms with Gasteiger partial charge in [-0.1, -0.05) is 13.3 Å². The highest BCUT2D eigenvalue weighted by Crippen LogP contribution is 1.96. The molecule has 0 aromatic carbocycles. The molecule has 17 heavy (non-hydrogen) atoms. The van der Waals surface area contributed by atoms with E-state index in [1.807, 2.05) is 6.92 Å². The number of hydrogen-bond donors (Lipinski definition) is 2. The second kappa shape index (κ2) is 9.64. The summed E-state index contributed by atoms with van der Waals surface area (Å²) < 4.78 is 29.7. The van der Waals surface area contributed by atoms with E-state index in [1.165, 1.54) is 0 Å². The fourth-order valence-electron chi connectivity index (χ4n) is 1.07. The summed E-state index contributed by atoms with van der Waals surface area (Å²) >= 11 is 0. The molecule has 1 atom stereocenters. The Balaban J connectivity index is 0. The Morgan fingerprint density at radius 2 is 2.00 bits per heavy atom. The van der Waals surface area contributed by atoms with Crippen molar-refractivity contribution >= 4 is 28.4 Å². The zero-order valence-corrected chi connectivity index (χ0v) is 11.8. The first-order chi connectivity index (χ1) is 7.41. The standard InChI is InChI=1S/C9H20N2O4S.ClH/c1-3-5-6-16(13,14)11-8(10)7-9(12)15-4-2;/h8,11H,3-7,10H2,1-2H3;1H/t8-;/m0./s1. The van der Waals surface area contributed by atoms with Crippen LogP contribution in [0.5, 0.6) is 0 Å². The highest BCUT2D eigenvalue weighted by molar-refractivity contribution is 7.89. The second-order valence-corrected chi connectivity index (χ2v) is 5.28. The van der Waals surface area contributed by atoms with Crippen molar-refractivity contribution in [2.45, 2.75) is 39.3 Å². The van der Waals surface area contributed by atoms with Crippen LogP contribution in [0, 0.1) is 0 Å². The van der Waals surface area contributed by atoms with Crippen LogP contribution in [-0.4, -0.2) is 32.9 Å². The van der Waals surface area contributed by atoms with Crippen molar-refractivity contribution in [2.75, 3.05) is 12.4 Å². The molecule has 104 valence electrons. The van der Waals surface area contributed by atoms with E-state index >= 15 is 0 Å². The van der Waals surface area contributed by atoms with Gasteiger partial charge in [0.1, 0.15) is 0 Å². The molecule has 0 aliphatic heterocycles. The van der Waals surface area contributed by atoms with Crippen LogP contribution < -0.4 is 10.5 Å². The molecule has 0 radical (unpaired) electrons. The van der Waals surface area contributed by atoms with Gasteiger partial charge >= 0.3 is 5.97 Å². The number of halogens is 1. The van der Waals surface area contributed by atoms with Gasteiger partial charge in [-0.2, -0.15) is 4.72 Å². The van der Waals surface area contributed by atoms with Crippen LogP contribution >= 0.6 is 12.4 Å². The normalized spacial score (nSPS) is 12.6. The van der Waals surface area contributed by atoms with Crippen molar-refractivity contribution in [3.63, 3.8) is 0 Å². The molecule has 0 rings (SSSR count). The predicted molar refractivity (Wildman–Crippen MR) is 68.3 cm³/mol. The molecule has 0 spiro atoms. The van der Waals surface area contributed by atoms with Crippen molar-refractivity contribution in [3.8, 4) is 0 Å². The largest absolute Gasteiger partial charge is 0.466 e. The number of nitrogens with two attached hydrogens (primary N) is 1. The molecule has 0 aromatic rings. The van der Waals surface area contributed by atoms with E-state index in [2.05, 4.69) is 9.46 Å². The molecule has 0 aliphatic carbocycles. The van der Waals surface area contributed by atoms with Gasteiger partial charge in [0.2, 0.25) is 10.0 Å². The number of unbranched alkanes of at least 4 members (excludes halogenated alkanes) is 1. The number of sulfonamides is 1. The van der Waals surface area contributed by atoms with Crippen molar-refractivity contribution < 1.29 is 17.9 Å². The summed E-state index contributed by atoms with van der Waals surface area (Å²) in [5, 5.41) is 0. The van der Waals surface area contributed by atoms with Crippen molar-refractivity contribution in [2.24, 2.45) is 5.73 Å². The summed E-state index contributed by atoms with van der Waals surface area (Å²) in [6.07, 6.45) is 0.287. The van der Waals surface area contributed by atoms with E-state index in [0.717, 1.165) is 6.42 Å². The molecule has 0 aromatic heterocycles. The molecule has 0 saturated carbocycles. The number of esters is 1. The minimum absolute atomic E-state index is 0. The third-order valence-corrected chi connectivity index (χ3v) is 3.28. The van der Waals surface area contributed by atoms with Crippen LogP contribution in [0.4, 0.5) is 0 Å². The maximum Gasteiger partial charge on any atom is 0.308 e. The van der Waals surface area contributed by atoms with Gasteiger partial charge in [-0.25, -0.2) is 8.42 Å². The van der Waals surface area contributed by atoms with E-state index < -0.39 is 22.2 Å². The van der Waals surface area contributed by atoms with Crippen molar-refractivity contribution in [1.29, 1.82) is 0 Å². The maximum absolute atomic E-state index is 11.4. The Hall–Kier alpha value is -0.370. The lowest BCUT2D eigenvalue weighted by molar-refractivity contribution is -0.143. The number of carbonyl (C=O) groups is 1. The van der Waals surface area contributed by atoms with Crippen LogP contribution in [0.2, 0.25) is 0 Å². The average Bonchev–Trinajstić information content (AvgIpc) is 2.13. The summed E-state index contributed by atoms with van der Waals surface area (Å²) in [6, 6.07) is 0. The predicted octanol–water partition coefficient (Wildman–Crippen LogP) is 0.366. The molecule has 0 amide bonds. The number of hydrogen-bond acceptors (Lipinski definition) is 5. The van der Waals surface area contributed by atoms with Gasteiger partial charge in [0.05, 0.1) is 24.9 Å². The first kappa shape index (κ1) is 19.0. The van der Waals surface area contributed by atoms with Crippen molar-refractivity contribution in [3.05, 3.63) is 0 Å². The molecule has 0 unspecified atom stereocenters. The lowest BCUT2D eigenvalue weighted by Gasteiger charge is -2.13. The lowest BCUT2D eigenvalue weighted by atomic mass is 10.4. The molecule has 0 saturated heterocycles. The van der Waals surface area contributed by atoms with Gasteiger partial charge < -0.3 is 10.5 Å². The Bertz CT molecular complexity index is 308. The zero-order chi connectivity index (χ0) is 12.6. The van der Waals surface area contributed by atoms with Crippen LogP contribution in [0.15, 0.2) is 0 Å². The van der Waals surface area contributed by atoms with Gasteiger partial charge in [0.25, 0.3) is 0 Å². The van der Waals surface area contributed by atoms with Crippen LogP contribution in [0.25, 0.3) is 0 Å². The Morgan fingerprint density at radius 1 is 1.41 bits per heavy atom. The van der Waals surface area contributed by atoms with Crippen molar-refractivity contribution in [1.82, 2.24) is 4.72 Å². The number of ether oxygens (including phenoxy) is 1. The lowest BCUT2D eigenvalue weighted by Crippen LogP contribution is -2.44. The van der Waals surface area contributed by atoms with Gasteiger partial charge in [0.15, 0.2) is 0 Å². The molecule has 0 bridgehead atoms. The fraction of sp³-hybridized carbons (Fsp3) is 0.889. The van der Waals surface area contributed by atoms with E-state index in [1.54, 1.807) is 6.92 Å². The number of nitrogens with one attached hydrogen (secondary N) is 1. The molecular formula is C9H21ClN2O4S. The third-order valence-electron chi connectivity index (χ3n) is 1.79. The first-order valence-electron chi connectivity index (χ1n) is 5.32.